The summed E-state index contributed by atoms with van der Waals surface area (Å²) in [5.74, 6) is 0.635. The number of aryl methyl sites for hydroxylation is 3. The molecule has 0 N–H and O–H groups in total. The van der Waals surface area contributed by atoms with Crippen LogP contribution in [0.5, 0.6) is 0 Å². The first-order chi connectivity index (χ1) is 10.6. The van der Waals surface area contributed by atoms with Gasteiger partial charge in [0.05, 0.1) is 0 Å². The summed E-state index contributed by atoms with van der Waals surface area (Å²) in [5.41, 5.74) is 4.84. The highest BCUT2D eigenvalue weighted by atomic mass is 16.2. The third-order valence-corrected chi connectivity index (χ3v) is 3.78. The summed E-state index contributed by atoms with van der Waals surface area (Å²) >= 11 is 0. The largest absolute Gasteiger partial charge is 0.268 e. The third kappa shape index (κ3) is 2.46. The highest BCUT2D eigenvalue weighted by molar-refractivity contribution is 6.00. The monoisotopic (exact) mass is 290 g/mol. The lowest BCUT2D eigenvalue weighted by molar-refractivity contribution is 0.0960. The fourth-order valence-electron chi connectivity index (χ4n) is 2.91. The molecule has 2 aromatic carbocycles. The van der Waals surface area contributed by atoms with Crippen LogP contribution < -0.4 is 0 Å². The van der Waals surface area contributed by atoms with Gasteiger partial charge in [-0.3, -0.25) is 9.36 Å². The van der Waals surface area contributed by atoms with Crippen molar-refractivity contribution in [3.63, 3.8) is 0 Å². The minimum absolute atomic E-state index is 0.0358. The van der Waals surface area contributed by atoms with Gasteiger partial charge in [0.15, 0.2) is 0 Å². The van der Waals surface area contributed by atoms with Crippen LogP contribution in [0.15, 0.2) is 54.9 Å². The molecule has 0 fully saturated rings. The first-order valence-corrected chi connectivity index (χ1v) is 7.29. The van der Waals surface area contributed by atoms with Crippen LogP contribution in [0.2, 0.25) is 0 Å². The molecule has 0 spiro atoms. The van der Waals surface area contributed by atoms with Crippen molar-refractivity contribution in [3.8, 4) is 11.4 Å². The molecule has 0 saturated carbocycles. The second-order valence-electron chi connectivity index (χ2n) is 5.57. The summed E-state index contributed by atoms with van der Waals surface area (Å²) in [6.07, 6.45) is 3.39. The summed E-state index contributed by atoms with van der Waals surface area (Å²) in [7, 11) is 0. The molecular formula is C19H18N2O. The van der Waals surface area contributed by atoms with E-state index in [0.29, 0.717) is 5.82 Å². The Balaban J connectivity index is 2.11. The fraction of sp³-hybridized carbons (Fsp3) is 0.158. The van der Waals surface area contributed by atoms with Gasteiger partial charge in [0, 0.05) is 23.5 Å². The lowest BCUT2D eigenvalue weighted by Gasteiger charge is -2.12. The molecule has 110 valence electrons. The Bertz CT molecular complexity index is 809. The van der Waals surface area contributed by atoms with E-state index >= 15 is 0 Å². The SMILES string of the molecule is Cc1cc(C)c(C(=O)n2ccnc2-c2ccccc2)c(C)c1. The topological polar surface area (TPSA) is 34.9 Å². The van der Waals surface area contributed by atoms with Crippen molar-refractivity contribution in [3.05, 3.63) is 77.1 Å². The van der Waals surface area contributed by atoms with Crippen LogP contribution in [0.4, 0.5) is 0 Å². The maximum atomic E-state index is 13.0. The van der Waals surface area contributed by atoms with E-state index < -0.39 is 0 Å². The van der Waals surface area contributed by atoms with Gasteiger partial charge in [-0.1, -0.05) is 48.0 Å². The third-order valence-electron chi connectivity index (χ3n) is 3.78. The molecule has 0 atom stereocenters. The highest BCUT2D eigenvalue weighted by Gasteiger charge is 2.18. The molecule has 0 radical (unpaired) electrons. The average molecular weight is 290 g/mol. The van der Waals surface area contributed by atoms with Gasteiger partial charge in [-0.25, -0.2) is 4.98 Å². The molecule has 0 aliphatic rings. The predicted octanol–water partition coefficient (Wildman–Crippen LogP) is 4.16. The van der Waals surface area contributed by atoms with Crippen LogP contribution >= 0.6 is 0 Å². The van der Waals surface area contributed by atoms with Crippen LogP contribution in [0.1, 0.15) is 27.0 Å². The van der Waals surface area contributed by atoms with Gasteiger partial charge < -0.3 is 0 Å². The molecule has 3 aromatic rings. The second kappa shape index (κ2) is 5.60. The Morgan fingerprint density at radius 1 is 1.00 bits per heavy atom. The zero-order valence-electron chi connectivity index (χ0n) is 13.0. The first-order valence-electron chi connectivity index (χ1n) is 7.29. The minimum atomic E-state index is -0.0358. The van der Waals surface area contributed by atoms with Crippen LogP contribution in [-0.4, -0.2) is 15.5 Å². The molecular weight excluding hydrogens is 272 g/mol. The molecule has 1 heterocycles. The van der Waals surface area contributed by atoms with E-state index in [1.807, 2.05) is 63.2 Å². The Morgan fingerprint density at radius 2 is 1.64 bits per heavy atom. The van der Waals surface area contributed by atoms with Gasteiger partial charge in [0.2, 0.25) is 0 Å². The quantitative estimate of drug-likeness (QED) is 0.710. The zero-order valence-corrected chi connectivity index (χ0v) is 13.0. The van der Waals surface area contributed by atoms with Crippen LogP contribution in [0.25, 0.3) is 11.4 Å². The molecule has 0 aliphatic heterocycles. The molecule has 0 amide bonds. The maximum absolute atomic E-state index is 13.0. The van der Waals surface area contributed by atoms with Crippen molar-refractivity contribution < 1.29 is 4.79 Å². The van der Waals surface area contributed by atoms with Crippen LogP contribution in [0.3, 0.4) is 0 Å². The number of nitrogens with zero attached hydrogens (tertiary/aromatic N) is 2. The lowest BCUT2D eigenvalue weighted by atomic mass is 9.99. The van der Waals surface area contributed by atoms with Crippen molar-refractivity contribution in [1.29, 1.82) is 0 Å². The van der Waals surface area contributed by atoms with Crippen molar-refractivity contribution >= 4 is 5.91 Å². The number of carbonyl (C=O) groups is 1. The van der Waals surface area contributed by atoms with Gasteiger partial charge in [-0.2, -0.15) is 0 Å². The van der Waals surface area contributed by atoms with E-state index in [1.165, 1.54) is 5.56 Å². The second-order valence-corrected chi connectivity index (χ2v) is 5.57. The molecule has 3 nitrogen and oxygen atoms in total. The number of benzene rings is 2. The van der Waals surface area contributed by atoms with E-state index in [0.717, 1.165) is 22.3 Å². The van der Waals surface area contributed by atoms with Crippen molar-refractivity contribution in [2.45, 2.75) is 20.8 Å². The normalized spacial score (nSPS) is 10.7. The molecule has 0 unspecified atom stereocenters. The van der Waals surface area contributed by atoms with Crippen LogP contribution in [0, 0.1) is 20.8 Å². The molecule has 0 saturated heterocycles. The van der Waals surface area contributed by atoms with E-state index in [4.69, 9.17) is 0 Å². The Kier molecular flexibility index (Phi) is 3.63. The molecule has 0 bridgehead atoms. The number of aromatic nitrogens is 2. The van der Waals surface area contributed by atoms with Gasteiger partial charge in [0.1, 0.15) is 5.82 Å². The standard InChI is InChI=1S/C19H18N2O/c1-13-11-14(2)17(15(3)12-13)19(22)21-10-9-20-18(21)16-7-5-4-6-8-16/h4-12H,1-3H3. The molecule has 3 rings (SSSR count). The minimum Gasteiger partial charge on any atom is -0.268 e. The maximum Gasteiger partial charge on any atom is 0.264 e. The molecule has 22 heavy (non-hydrogen) atoms. The van der Waals surface area contributed by atoms with Gasteiger partial charge in [0.25, 0.3) is 5.91 Å². The number of hydrogen-bond donors (Lipinski definition) is 0. The summed E-state index contributed by atoms with van der Waals surface area (Å²) < 4.78 is 1.62. The molecule has 0 aliphatic carbocycles. The number of rotatable bonds is 2. The smallest absolute Gasteiger partial charge is 0.264 e. The summed E-state index contributed by atoms with van der Waals surface area (Å²) in [6, 6.07) is 13.8. The van der Waals surface area contributed by atoms with Crippen molar-refractivity contribution in [2.75, 3.05) is 0 Å². The lowest BCUT2D eigenvalue weighted by Crippen LogP contribution is -2.15. The summed E-state index contributed by atoms with van der Waals surface area (Å²) in [6.45, 7) is 6.00. The van der Waals surface area contributed by atoms with Crippen molar-refractivity contribution in [1.82, 2.24) is 9.55 Å². The summed E-state index contributed by atoms with van der Waals surface area (Å²) in [5, 5.41) is 0. The number of hydrogen-bond acceptors (Lipinski definition) is 2. The highest BCUT2D eigenvalue weighted by Crippen LogP contribution is 2.22. The van der Waals surface area contributed by atoms with E-state index in [-0.39, 0.29) is 5.91 Å². The molecule has 1 aromatic heterocycles. The molecule has 3 heteroatoms. The Hall–Kier alpha value is -2.68. The predicted molar refractivity (Wildman–Crippen MR) is 88.0 cm³/mol. The zero-order chi connectivity index (χ0) is 15.7. The number of carbonyl (C=O) groups excluding carboxylic acids is 1. The van der Waals surface area contributed by atoms with Crippen molar-refractivity contribution in [2.24, 2.45) is 0 Å². The van der Waals surface area contributed by atoms with E-state index in [1.54, 1.807) is 17.0 Å². The number of imidazole rings is 1. The van der Waals surface area contributed by atoms with E-state index in [9.17, 15) is 4.79 Å². The first kappa shape index (κ1) is 14.3. The van der Waals surface area contributed by atoms with E-state index in [2.05, 4.69) is 4.98 Å². The van der Waals surface area contributed by atoms with Gasteiger partial charge >= 0.3 is 0 Å². The Labute approximate surface area is 130 Å². The van der Waals surface area contributed by atoms with Gasteiger partial charge in [-0.15, -0.1) is 0 Å². The Morgan fingerprint density at radius 3 is 2.27 bits per heavy atom. The summed E-state index contributed by atoms with van der Waals surface area (Å²) in [4.78, 5) is 17.3. The van der Waals surface area contributed by atoms with Gasteiger partial charge in [-0.05, 0) is 31.9 Å². The fourth-order valence-corrected chi connectivity index (χ4v) is 2.91. The van der Waals surface area contributed by atoms with Crippen LogP contribution in [-0.2, 0) is 0 Å². The average Bonchev–Trinajstić information content (AvgIpc) is 2.96.